The Labute approximate surface area is 149 Å². The van der Waals surface area contributed by atoms with Gasteiger partial charge in [-0.25, -0.2) is 0 Å². The minimum Gasteiger partial charge on any atom is -0.385 e. The lowest BCUT2D eigenvalue weighted by Crippen LogP contribution is -2.15. The van der Waals surface area contributed by atoms with E-state index in [0.717, 1.165) is 24.3 Å². The molecule has 0 saturated carbocycles. The molecule has 0 saturated heterocycles. The Morgan fingerprint density at radius 3 is 2.48 bits per heavy atom. The number of rotatable bonds is 7. The predicted molar refractivity (Wildman–Crippen MR) is 102 cm³/mol. The molecule has 0 atom stereocenters. The van der Waals surface area contributed by atoms with Gasteiger partial charge in [-0.05, 0) is 41.7 Å². The highest BCUT2D eigenvalue weighted by Gasteiger charge is 2.14. The molecule has 0 fully saturated rings. The number of hydrogen-bond acceptors (Lipinski definition) is 4. The molecule has 1 heterocycles. The topological polar surface area (TPSA) is 63.2 Å². The van der Waals surface area contributed by atoms with Crippen molar-refractivity contribution in [1.82, 2.24) is 4.98 Å². The van der Waals surface area contributed by atoms with Crippen molar-refractivity contribution in [3.63, 3.8) is 0 Å². The second-order valence-corrected chi connectivity index (χ2v) is 6.98. The molecule has 0 aliphatic rings. The Hall–Kier alpha value is -2.40. The van der Waals surface area contributed by atoms with E-state index in [0.29, 0.717) is 12.3 Å². The summed E-state index contributed by atoms with van der Waals surface area (Å²) in [6.45, 7) is 7.98. The van der Waals surface area contributed by atoms with Crippen LogP contribution >= 0.6 is 0 Å². The number of hydrogen-bond donors (Lipinski definition) is 2. The van der Waals surface area contributed by atoms with Crippen LogP contribution in [0.5, 0.6) is 0 Å². The lowest BCUT2D eigenvalue weighted by Gasteiger charge is -2.19. The largest absolute Gasteiger partial charge is 0.385 e. The third kappa shape index (κ3) is 5.87. The molecule has 2 N–H and O–H groups in total. The zero-order chi connectivity index (χ0) is 18.3. The second kappa shape index (κ2) is 8.62. The SMILES string of the molecule is COCCCNc1ccnc(C(=O)Nc2ccc(C(C)(C)C)cc2)c1. The van der Waals surface area contributed by atoms with Gasteiger partial charge < -0.3 is 15.4 Å². The standard InChI is InChI=1S/C20H27N3O2/c1-20(2,3)15-6-8-16(9-7-15)23-19(24)18-14-17(10-12-22-18)21-11-5-13-25-4/h6-10,12,14H,5,11,13H2,1-4H3,(H,21,22)(H,23,24). The van der Waals surface area contributed by atoms with E-state index < -0.39 is 0 Å². The maximum absolute atomic E-state index is 12.4. The number of ether oxygens (including phenoxy) is 1. The summed E-state index contributed by atoms with van der Waals surface area (Å²) in [7, 11) is 1.68. The lowest BCUT2D eigenvalue weighted by molar-refractivity contribution is 0.102. The highest BCUT2D eigenvalue weighted by atomic mass is 16.5. The molecular weight excluding hydrogens is 314 g/mol. The van der Waals surface area contributed by atoms with E-state index in [4.69, 9.17) is 4.74 Å². The quantitative estimate of drug-likeness (QED) is 0.745. The summed E-state index contributed by atoms with van der Waals surface area (Å²) < 4.78 is 5.02. The molecule has 25 heavy (non-hydrogen) atoms. The molecule has 1 aromatic heterocycles. The van der Waals surface area contributed by atoms with Crippen molar-refractivity contribution in [2.75, 3.05) is 30.9 Å². The van der Waals surface area contributed by atoms with Crippen molar-refractivity contribution in [3.05, 3.63) is 53.9 Å². The van der Waals surface area contributed by atoms with Crippen LogP contribution in [0.4, 0.5) is 11.4 Å². The first-order chi connectivity index (χ1) is 11.9. The minimum atomic E-state index is -0.218. The Morgan fingerprint density at radius 2 is 1.84 bits per heavy atom. The van der Waals surface area contributed by atoms with Crippen LogP contribution in [0.25, 0.3) is 0 Å². The van der Waals surface area contributed by atoms with Crippen LogP contribution in [-0.4, -0.2) is 31.2 Å². The van der Waals surface area contributed by atoms with Gasteiger partial charge in [-0.2, -0.15) is 0 Å². The Balaban J connectivity index is 1.98. The number of nitrogens with zero attached hydrogens (tertiary/aromatic N) is 1. The molecule has 1 aromatic carbocycles. The summed E-state index contributed by atoms with van der Waals surface area (Å²) in [5.74, 6) is -0.218. The Morgan fingerprint density at radius 1 is 1.12 bits per heavy atom. The molecule has 2 rings (SSSR count). The molecule has 0 unspecified atom stereocenters. The third-order valence-electron chi connectivity index (χ3n) is 3.86. The fourth-order valence-corrected chi connectivity index (χ4v) is 2.36. The van der Waals surface area contributed by atoms with Gasteiger partial charge in [0.25, 0.3) is 5.91 Å². The minimum absolute atomic E-state index is 0.0902. The summed E-state index contributed by atoms with van der Waals surface area (Å²) in [6, 6.07) is 11.5. The molecule has 134 valence electrons. The molecular formula is C20H27N3O2. The third-order valence-corrected chi connectivity index (χ3v) is 3.86. The van der Waals surface area contributed by atoms with Crippen LogP contribution in [0.1, 0.15) is 43.2 Å². The van der Waals surface area contributed by atoms with Crippen molar-refractivity contribution in [3.8, 4) is 0 Å². The average Bonchev–Trinajstić information content (AvgIpc) is 2.59. The maximum atomic E-state index is 12.4. The number of benzene rings is 1. The van der Waals surface area contributed by atoms with E-state index in [1.807, 2.05) is 30.3 Å². The van der Waals surface area contributed by atoms with E-state index in [9.17, 15) is 4.79 Å². The van der Waals surface area contributed by atoms with E-state index in [1.165, 1.54) is 5.56 Å². The number of amides is 1. The van der Waals surface area contributed by atoms with E-state index in [-0.39, 0.29) is 11.3 Å². The zero-order valence-electron chi connectivity index (χ0n) is 15.4. The fraction of sp³-hybridized carbons (Fsp3) is 0.400. The van der Waals surface area contributed by atoms with E-state index >= 15 is 0 Å². The number of carbonyl (C=O) groups excluding carboxylic acids is 1. The van der Waals surface area contributed by atoms with E-state index in [1.54, 1.807) is 19.4 Å². The van der Waals surface area contributed by atoms with Crippen LogP contribution in [0.3, 0.4) is 0 Å². The van der Waals surface area contributed by atoms with Crippen LogP contribution < -0.4 is 10.6 Å². The fourth-order valence-electron chi connectivity index (χ4n) is 2.36. The summed E-state index contributed by atoms with van der Waals surface area (Å²) in [4.78, 5) is 16.6. The van der Waals surface area contributed by atoms with Gasteiger partial charge in [-0.15, -0.1) is 0 Å². The summed E-state index contributed by atoms with van der Waals surface area (Å²) in [5.41, 5.74) is 3.34. The molecule has 0 aliphatic heterocycles. The number of methoxy groups -OCH3 is 1. The Kier molecular flexibility index (Phi) is 6.53. The average molecular weight is 341 g/mol. The smallest absolute Gasteiger partial charge is 0.274 e. The summed E-state index contributed by atoms with van der Waals surface area (Å²) >= 11 is 0. The van der Waals surface area contributed by atoms with Gasteiger partial charge in [0, 0.05) is 37.8 Å². The highest BCUT2D eigenvalue weighted by molar-refractivity contribution is 6.03. The van der Waals surface area contributed by atoms with Crippen molar-refractivity contribution in [1.29, 1.82) is 0 Å². The molecule has 1 amide bonds. The van der Waals surface area contributed by atoms with E-state index in [2.05, 4.69) is 36.4 Å². The molecule has 0 radical (unpaired) electrons. The van der Waals surface area contributed by atoms with Gasteiger partial charge in [0.15, 0.2) is 0 Å². The second-order valence-electron chi connectivity index (χ2n) is 6.98. The number of aromatic nitrogens is 1. The van der Waals surface area contributed by atoms with Gasteiger partial charge in [-0.3, -0.25) is 9.78 Å². The molecule has 2 aromatic rings. The zero-order valence-corrected chi connectivity index (χ0v) is 15.4. The highest BCUT2D eigenvalue weighted by Crippen LogP contribution is 2.23. The lowest BCUT2D eigenvalue weighted by atomic mass is 9.87. The molecule has 0 aliphatic carbocycles. The van der Waals surface area contributed by atoms with Gasteiger partial charge >= 0.3 is 0 Å². The van der Waals surface area contributed by atoms with Crippen molar-refractivity contribution < 1.29 is 9.53 Å². The number of carbonyl (C=O) groups is 1. The normalized spacial score (nSPS) is 11.2. The van der Waals surface area contributed by atoms with Gasteiger partial charge in [0.1, 0.15) is 5.69 Å². The summed E-state index contributed by atoms with van der Waals surface area (Å²) in [5, 5.41) is 6.15. The van der Waals surface area contributed by atoms with Gasteiger partial charge in [-0.1, -0.05) is 32.9 Å². The van der Waals surface area contributed by atoms with Crippen LogP contribution in [0.15, 0.2) is 42.6 Å². The maximum Gasteiger partial charge on any atom is 0.274 e. The monoisotopic (exact) mass is 341 g/mol. The first kappa shape index (κ1) is 18.9. The van der Waals surface area contributed by atoms with Gasteiger partial charge in [0.2, 0.25) is 0 Å². The number of nitrogens with one attached hydrogen (secondary N) is 2. The summed E-state index contributed by atoms with van der Waals surface area (Å²) in [6.07, 6.45) is 2.54. The van der Waals surface area contributed by atoms with Crippen molar-refractivity contribution in [2.24, 2.45) is 0 Å². The van der Waals surface area contributed by atoms with Gasteiger partial charge in [0.05, 0.1) is 0 Å². The first-order valence-electron chi connectivity index (χ1n) is 8.51. The molecule has 0 bridgehead atoms. The van der Waals surface area contributed by atoms with Crippen LogP contribution in [-0.2, 0) is 10.2 Å². The molecule has 0 spiro atoms. The van der Waals surface area contributed by atoms with Crippen LogP contribution in [0, 0.1) is 0 Å². The Bertz CT molecular complexity index is 691. The molecule has 5 heteroatoms. The first-order valence-corrected chi connectivity index (χ1v) is 8.51. The number of anilines is 2. The number of pyridine rings is 1. The van der Waals surface area contributed by atoms with Crippen molar-refractivity contribution in [2.45, 2.75) is 32.6 Å². The van der Waals surface area contributed by atoms with Crippen LogP contribution in [0.2, 0.25) is 0 Å². The van der Waals surface area contributed by atoms with Crippen molar-refractivity contribution >= 4 is 17.3 Å². The predicted octanol–water partition coefficient (Wildman–Crippen LogP) is 4.08. The molecule has 5 nitrogen and oxygen atoms in total.